The number of amides is 4. The van der Waals surface area contributed by atoms with Crippen LogP contribution in [0.25, 0.3) is 0 Å². The monoisotopic (exact) mass is 1170 g/mol. The van der Waals surface area contributed by atoms with Crippen molar-refractivity contribution in [1.82, 2.24) is 40.9 Å². The highest BCUT2D eigenvalue weighted by molar-refractivity contribution is 6.42. The van der Waals surface area contributed by atoms with Crippen molar-refractivity contribution in [3.05, 3.63) is 212 Å². The maximum atomic E-state index is 14.1. The van der Waals surface area contributed by atoms with Gasteiger partial charge in [0.2, 0.25) is 11.8 Å². The van der Waals surface area contributed by atoms with Gasteiger partial charge >= 0.3 is 0 Å². The van der Waals surface area contributed by atoms with Gasteiger partial charge in [-0.1, -0.05) is 163 Å². The Balaban J connectivity index is 0.000000202. The standard InChI is InChI=1S/C36H46N4O2.C34H40Cl2N4O2/c1-27-16-17-31(24-28(27)2)35(41)37-25-32-18-23-40(36(42)34(38-32)19-22-39-20-10-5-11-21-39)26-33(29-12-6-3-7-13-29)30-14-8-4-9-15-30;35-30-15-14-27(22-31(30)36)33(41)37-23-28-16-21-40(34(42)32(38-28)17-20-39-18-8-3-9-19-39)24-29(25-10-4-1-5-11-25)26-12-6-2-7-13-26/h3-4,6-9,12-17,24,32-34,38H,5,10-11,18-23,25-26H2,1-2H3,(H,37,41);1-2,4-7,10-15,22,28-29,32,38H,3,8-9,16-21,23-24H2,(H,37,41)/t32-,34-;28-,32-/m00/s1. The fourth-order valence-corrected chi connectivity index (χ4v) is 12.7. The molecular weight excluding hydrogens is 1090 g/mol. The zero-order valence-electron chi connectivity index (χ0n) is 49.2. The third-order valence-electron chi connectivity index (χ3n) is 17.5. The molecule has 10 rings (SSSR count). The molecule has 0 spiro atoms. The summed E-state index contributed by atoms with van der Waals surface area (Å²) in [4.78, 5) is 63.3. The van der Waals surface area contributed by atoms with Crippen molar-refractivity contribution < 1.29 is 19.2 Å². The van der Waals surface area contributed by atoms with Crippen molar-refractivity contribution in [2.24, 2.45) is 0 Å². The number of carbonyl (C=O) groups excluding carboxylic acids is 4. The topological polar surface area (TPSA) is 129 Å². The summed E-state index contributed by atoms with van der Waals surface area (Å²) < 4.78 is 0. The molecule has 0 saturated carbocycles. The Morgan fingerprint density at radius 1 is 0.476 bits per heavy atom. The number of piperidine rings is 2. The molecule has 6 aromatic rings. The minimum absolute atomic E-state index is 0.0210. The molecule has 12 nitrogen and oxygen atoms in total. The number of carbonyl (C=O) groups is 4. The van der Waals surface area contributed by atoms with E-state index >= 15 is 0 Å². The van der Waals surface area contributed by atoms with Gasteiger partial charge in [0.1, 0.15) is 0 Å². The van der Waals surface area contributed by atoms with Gasteiger partial charge in [0, 0.05) is 87.4 Å². The minimum atomic E-state index is -0.312. The van der Waals surface area contributed by atoms with Gasteiger partial charge in [-0.25, -0.2) is 0 Å². The molecule has 4 aliphatic rings. The lowest BCUT2D eigenvalue weighted by Gasteiger charge is -2.31. The molecule has 4 atom stereocenters. The summed E-state index contributed by atoms with van der Waals surface area (Å²) in [6.45, 7) is 13.7. The summed E-state index contributed by atoms with van der Waals surface area (Å²) in [7, 11) is 0. The van der Waals surface area contributed by atoms with Crippen molar-refractivity contribution in [3.8, 4) is 0 Å². The van der Waals surface area contributed by atoms with Gasteiger partial charge in [0.25, 0.3) is 11.8 Å². The second-order valence-corrected chi connectivity index (χ2v) is 24.3. The van der Waals surface area contributed by atoms with Crippen LogP contribution < -0.4 is 21.3 Å². The van der Waals surface area contributed by atoms with Crippen LogP contribution in [0, 0.1) is 13.8 Å². The molecule has 4 N–H and O–H groups in total. The number of hydrogen-bond acceptors (Lipinski definition) is 8. The highest BCUT2D eigenvalue weighted by atomic mass is 35.5. The summed E-state index contributed by atoms with van der Waals surface area (Å²) in [6.07, 6.45) is 10.5. The summed E-state index contributed by atoms with van der Waals surface area (Å²) >= 11 is 12.2. The average Bonchev–Trinajstić information content (AvgIpc) is 4.03. The minimum Gasteiger partial charge on any atom is -0.350 e. The summed E-state index contributed by atoms with van der Waals surface area (Å²) in [6, 6.07) is 52.0. The van der Waals surface area contributed by atoms with Crippen LogP contribution in [0.1, 0.15) is 130 Å². The van der Waals surface area contributed by atoms with Crippen LogP contribution in [0.15, 0.2) is 158 Å². The van der Waals surface area contributed by atoms with Crippen LogP contribution in [0.3, 0.4) is 0 Å². The lowest BCUT2D eigenvalue weighted by Crippen LogP contribution is -2.50. The second-order valence-electron chi connectivity index (χ2n) is 23.5. The first-order valence-electron chi connectivity index (χ1n) is 30.8. The first-order chi connectivity index (χ1) is 40.9. The summed E-state index contributed by atoms with van der Waals surface area (Å²) in [5, 5.41) is 14.3. The number of halogens is 2. The van der Waals surface area contributed by atoms with Gasteiger partial charge in [0.05, 0.1) is 22.1 Å². The van der Waals surface area contributed by atoms with E-state index in [0.29, 0.717) is 60.4 Å². The Labute approximate surface area is 509 Å². The summed E-state index contributed by atoms with van der Waals surface area (Å²) in [5.41, 5.74) is 8.27. The molecule has 4 amide bonds. The van der Waals surface area contributed by atoms with Crippen LogP contribution in [-0.2, 0) is 9.59 Å². The van der Waals surface area contributed by atoms with Gasteiger partial charge in [-0.3, -0.25) is 19.2 Å². The predicted octanol–water partition coefficient (Wildman–Crippen LogP) is 11.3. The zero-order chi connectivity index (χ0) is 58.6. The van der Waals surface area contributed by atoms with E-state index in [4.69, 9.17) is 23.2 Å². The van der Waals surface area contributed by atoms with Gasteiger partial charge < -0.3 is 40.9 Å². The molecule has 0 aliphatic carbocycles. The third-order valence-corrected chi connectivity index (χ3v) is 18.3. The maximum absolute atomic E-state index is 14.1. The smallest absolute Gasteiger partial charge is 0.251 e. The Bertz CT molecular complexity index is 2750. The van der Waals surface area contributed by atoms with Crippen molar-refractivity contribution in [2.75, 3.05) is 78.5 Å². The van der Waals surface area contributed by atoms with E-state index in [1.807, 2.05) is 54.3 Å². The molecule has 444 valence electrons. The van der Waals surface area contributed by atoms with E-state index in [-0.39, 0.29) is 59.6 Å². The van der Waals surface area contributed by atoms with Crippen LogP contribution in [0.2, 0.25) is 10.0 Å². The van der Waals surface area contributed by atoms with E-state index in [2.05, 4.69) is 140 Å². The van der Waals surface area contributed by atoms with E-state index in [0.717, 1.165) is 70.5 Å². The van der Waals surface area contributed by atoms with E-state index in [1.54, 1.807) is 18.2 Å². The molecule has 0 aromatic heterocycles. The Morgan fingerprint density at radius 2 is 0.857 bits per heavy atom. The Morgan fingerprint density at radius 3 is 1.24 bits per heavy atom. The van der Waals surface area contributed by atoms with E-state index in [9.17, 15) is 19.2 Å². The molecule has 0 radical (unpaired) electrons. The first-order valence-corrected chi connectivity index (χ1v) is 31.5. The lowest BCUT2D eigenvalue weighted by molar-refractivity contribution is -0.133. The number of nitrogens with zero attached hydrogens (tertiary/aromatic N) is 4. The maximum Gasteiger partial charge on any atom is 0.251 e. The Hall–Kier alpha value is -6.38. The molecule has 84 heavy (non-hydrogen) atoms. The second kappa shape index (κ2) is 31.7. The fraction of sp³-hybridized carbons (Fsp3) is 0.429. The normalized spacial score (nSPS) is 20.0. The van der Waals surface area contributed by atoms with Gasteiger partial charge in [0.15, 0.2) is 0 Å². The Kier molecular flexibility index (Phi) is 23.4. The number of hydrogen-bond donors (Lipinski definition) is 4. The molecule has 14 heteroatoms. The quantitative estimate of drug-likeness (QED) is 0.0595. The van der Waals surface area contributed by atoms with Crippen molar-refractivity contribution >= 4 is 46.8 Å². The van der Waals surface area contributed by atoms with E-state index < -0.39 is 0 Å². The number of nitrogens with one attached hydrogen (secondary N) is 4. The number of rotatable bonds is 20. The van der Waals surface area contributed by atoms with Crippen LogP contribution >= 0.6 is 23.2 Å². The van der Waals surface area contributed by atoms with Crippen molar-refractivity contribution in [1.29, 1.82) is 0 Å². The third kappa shape index (κ3) is 17.8. The zero-order valence-corrected chi connectivity index (χ0v) is 50.7. The van der Waals surface area contributed by atoms with Gasteiger partial charge in [-0.05, 0) is 155 Å². The molecule has 4 saturated heterocycles. The molecule has 4 heterocycles. The first kappa shape index (κ1) is 62.2. The fourth-order valence-electron chi connectivity index (χ4n) is 12.4. The van der Waals surface area contributed by atoms with Crippen LogP contribution in [-0.4, -0.2) is 146 Å². The molecule has 6 aromatic carbocycles. The van der Waals surface area contributed by atoms with Gasteiger partial charge in [-0.2, -0.15) is 0 Å². The SMILES string of the molecule is Cc1ccc(C(=O)NC[C@@H]2CCN(CC(c3ccccc3)c3ccccc3)C(=O)[C@H](CCN3CCCCC3)N2)cc1C.O=C(NC[C@@H]1CCN(CC(c2ccccc2)c2ccccc2)C(=O)[C@H](CCN2CCCCC2)N1)c1ccc(Cl)c(Cl)c1. The average molecular weight is 1170 g/mol. The van der Waals surface area contributed by atoms with Crippen molar-refractivity contribution in [2.45, 2.75) is 114 Å². The lowest BCUT2D eigenvalue weighted by atomic mass is 9.90. The molecular formula is C70H86Cl2N8O4. The highest BCUT2D eigenvalue weighted by Crippen LogP contribution is 2.30. The molecule has 0 unspecified atom stereocenters. The molecule has 4 fully saturated rings. The number of aryl methyl sites for hydroxylation is 2. The number of benzene rings is 6. The van der Waals surface area contributed by atoms with Crippen molar-refractivity contribution in [3.63, 3.8) is 0 Å². The highest BCUT2D eigenvalue weighted by Gasteiger charge is 2.35. The van der Waals surface area contributed by atoms with Crippen LogP contribution in [0.4, 0.5) is 0 Å². The van der Waals surface area contributed by atoms with Crippen LogP contribution in [0.5, 0.6) is 0 Å². The predicted molar refractivity (Wildman–Crippen MR) is 340 cm³/mol. The molecule has 4 aliphatic heterocycles. The largest absolute Gasteiger partial charge is 0.350 e. The van der Waals surface area contributed by atoms with E-state index in [1.165, 1.54) is 66.3 Å². The molecule has 0 bridgehead atoms. The summed E-state index contributed by atoms with van der Waals surface area (Å²) in [5.74, 6) is 0.213. The van der Waals surface area contributed by atoms with Gasteiger partial charge in [-0.15, -0.1) is 0 Å². The number of likely N-dealkylation sites (tertiary alicyclic amines) is 2.